The van der Waals surface area contributed by atoms with Gasteiger partial charge in [-0.25, -0.2) is 5.48 Å². The SMILES string of the molecule is CONC(=O)C1CN(C(C)c2ccc(OC)cc2)C(=O)CN1. The number of rotatable bonds is 5. The van der Waals surface area contributed by atoms with E-state index in [4.69, 9.17) is 4.74 Å². The van der Waals surface area contributed by atoms with E-state index in [1.54, 1.807) is 12.0 Å². The van der Waals surface area contributed by atoms with Gasteiger partial charge in [-0.1, -0.05) is 12.1 Å². The molecule has 2 rings (SSSR count). The van der Waals surface area contributed by atoms with Crippen LogP contribution in [0, 0.1) is 0 Å². The molecule has 2 N–H and O–H groups in total. The maximum atomic E-state index is 12.1. The van der Waals surface area contributed by atoms with Crippen LogP contribution in [0.2, 0.25) is 0 Å². The van der Waals surface area contributed by atoms with E-state index in [-0.39, 0.29) is 24.4 Å². The Labute approximate surface area is 129 Å². The second-order valence-electron chi connectivity index (χ2n) is 5.10. The molecule has 2 amide bonds. The first-order chi connectivity index (χ1) is 10.6. The van der Waals surface area contributed by atoms with Crippen LogP contribution >= 0.6 is 0 Å². The monoisotopic (exact) mass is 307 g/mol. The van der Waals surface area contributed by atoms with Crippen molar-refractivity contribution in [2.75, 3.05) is 27.3 Å². The summed E-state index contributed by atoms with van der Waals surface area (Å²) in [5.74, 6) is 0.437. The first-order valence-electron chi connectivity index (χ1n) is 7.06. The molecule has 22 heavy (non-hydrogen) atoms. The molecule has 2 atom stereocenters. The van der Waals surface area contributed by atoms with Gasteiger partial charge in [-0.15, -0.1) is 0 Å². The molecular formula is C15H21N3O4. The molecule has 2 unspecified atom stereocenters. The second-order valence-corrected chi connectivity index (χ2v) is 5.10. The third-order valence-electron chi connectivity index (χ3n) is 3.78. The fourth-order valence-electron chi connectivity index (χ4n) is 2.46. The molecule has 0 aromatic heterocycles. The average Bonchev–Trinajstić information content (AvgIpc) is 2.55. The summed E-state index contributed by atoms with van der Waals surface area (Å²) in [4.78, 5) is 30.3. The van der Waals surface area contributed by atoms with Crippen molar-refractivity contribution in [3.63, 3.8) is 0 Å². The van der Waals surface area contributed by atoms with Crippen LogP contribution < -0.4 is 15.5 Å². The number of benzene rings is 1. The van der Waals surface area contributed by atoms with Crippen molar-refractivity contribution in [3.05, 3.63) is 29.8 Å². The first-order valence-corrected chi connectivity index (χ1v) is 7.06. The molecule has 1 fully saturated rings. The van der Waals surface area contributed by atoms with Crippen LogP contribution in [0.3, 0.4) is 0 Å². The molecule has 0 bridgehead atoms. The number of carbonyl (C=O) groups is 2. The standard InChI is InChI=1S/C15H21N3O4/c1-10(11-4-6-12(21-2)7-5-11)18-9-13(15(20)17-22-3)16-8-14(18)19/h4-7,10,13,16H,8-9H2,1-3H3,(H,17,20). The second kappa shape index (κ2) is 7.24. The molecule has 120 valence electrons. The third kappa shape index (κ3) is 3.55. The van der Waals surface area contributed by atoms with Crippen LogP contribution in [-0.4, -0.2) is 50.1 Å². The van der Waals surface area contributed by atoms with E-state index < -0.39 is 6.04 Å². The van der Waals surface area contributed by atoms with Gasteiger partial charge in [0, 0.05) is 6.54 Å². The molecule has 1 aliphatic heterocycles. The van der Waals surface area contributed by atoms with E-state index in [2.05, 4.69) is 15.6 Å². The van der Waals surface area contributed by atoms with E-state index >= 15 is 0 Å². The van der Waals surface area contributed by atoms with Crippen molar-refractivity contribution in [2.24, 2.45) is 0 Å². The molecular weight excluding hydrogens is 286 g/mol. The highest BCUT2D eigenvalue weighted by Crippen LogP contribution is 2.24. The topological polar surface area (TPSA) is 79.9 Å². The largest absolute Gasteiger partial charge is 0.497 e. The van der Waals surface area contributed by atoms with E-state index in [1.807, 2.05) is 31.2 Å². The van der Waals surface area contributed by atoms with Gasteiger partial charge in [-0.3, -0.25) is 19.7 Å². The molecule has 1 saturated heterocycles. The summed E-state index contributed by atoms with van der Waals surface area (Å²) in [5.41, 5.74) is 3.28. The summed E-state index contributed by atoms with van der Waals surface area (Å²) in [6, 6.07) is 6.93. The van der Waals surface area contributed by atoms with Crippen LogP contribution in [0.5, 0.6) is 5.75 Å². The number of nitrogens with one attached hydrogen (secondary N) is 2. The van der Waals surface area contributed by atoms with Gasteiger partial charge >= 0.3 is 0 Å². The van der Waals surface area contributed by atoms with Crippen molar-refractivity contribution in [1.82, 2.24) is 15.7 Å². The van der Waals surface area contributed by atoms with Crippen LogP contribution in [0.1, 0.15) is 18.5 Å². The Bertz CT molecular complexity index is 532. The van der Waals surface area contributed by atoms with Gasteiger partial charge in [0.2, 0.25) is 5.91 Å². The predicted molar refractivity (Wildman–Crippen MR) is 80.1 cm³/mol. The van der Waals surface area contributed by atoms with Crippen LogP contribution in [-0.2, 0) is 14.4 Å². The van der Waals surface area contributed by atoms with Gasteiger partial charge in [0.15, 0.2) is 0 Å². The van der Waals surface area contributed by atoms with Crippen molar-refractivity contribution < 1.29 is 19.2 Å². The molecule has 0 radical (unpaired) electrons. The fraction of sp³-hybridized carbons (Fsp3) is 0.467. The Kier molecular flexibility index (Phi) is 5.35. The minimum atomic E-state index is -0.488. The average molecular weight is 307 g/mol. The highest BCUT2D eigenvalue weighted by atomic mass is 16.6. The van der Waals surface area contributed by atoms with E-state index in [0.29, 0.717) is 6.54 Å². The fourth-order valence-corrected chi connectivity index (χ4v) is 2.46. The highest BCUT2D eigenvalue weighted by Gasteiger charge is 2.32. The van der Waals surface area contributed by atoms with Gasteiger partial charge in [0.1, 0.15) is 11.8 Å². The summed E-state index contributed by atoms with van der Waals surface area (Å²) in [6.07, 6.45) is 0. The molecule has 1 heterocycles. The number of piperazine rings is 1. The van der Waals surface area contributed by atoms with E-state index in [0.717, 1.165) is 11.3 Å². The molecule has 1 aromatic carbocycles. The van der Waals surface area contributed by atoms with Crippen molar-refractivity contribution in [3.8, 4) is 5.75 Å². The number of hydroxylamine groups is 1. The summed E-state index contributed by atoms with van der Waals surface area (Å²) in [6.45, 7) is 2.36. The maximum absolute atomic E-state index is 12.1. The van der Waals surface area contributed by atoms with Gasteiger partial charge < -0.3 is 9.64 Å². The third-order valence-corrected chi connectivity index (χ3v) is 3.78. The molecule has 1 aliphatic rings. The van der Waals surface area contributed by atoms with Crippen molar-refractivity contribution in [2.45, 2.75) is 19.0 Å². The van der Waals surface area contributed by atoms with Gasteiger partial charge in [-0.05, 0) is 24.6 Å². The van der Waals surface area contributed by atoms with Crippen LogP contribution in [0.25, 0.3) is 0 Å². The smallest absolute Gasteiger partial charge is 0.262 e. The van der Waals surface area contributed by atoms with Crippen LogP contribution in [0.4, 0.5) is 0 Å². The molecule has 1 aromatic rings. The number of hydrogen-bond acceptors (Lipinski definition) is 5. The highest BCUT2D eigenvalue weighted by molar-refractivity contribution is 5.86. The number of amides is 2. The molecule has 7 heteroatoms. The van der Waals surface area contributed by atoms with Crippen molar-refractivity contribution in [1.29, 1.82) is 0 Å². The van der Waals surface area contributed by atoms with Crippen LogP contribution in [0.15, 0.2) is 24.3 Å². The number of carbonyl (C=O) groups excluding carboxylic acids is 2. The lowest BCUT2D eigenvalue weighted by molar-refractivity contribution is -0.141. The summed E-state index contributed by atoms with van der Waals surface area (Å²) >= 11 is 0. The quantitative estimate of drug-likeness (QED) is 0.762. The Morgan fingerprint density at radius 3 is 2.64 bits per heavy atom. The maximum Gasteiger partial charge on any atom is 0.262 e. The number of ether oxygens (including phenoxy) is 1. The minimum absolute atomic E-state index is 0.0372. The number of hydrogen-bond donors (Lipinski definition) is 2. The Hall–Kier alpha value is -2.12. The summed E-state index contributed by atoms with van der Waals surface area (Å²) in [7, 11) is 2.99. The zero-order valence-corrected chi connectivity index (χ0v) is 13.0. The zero-order valence-electron chi connectivity index (χ0n) is 13.0. The zero-order chi connectivity index (χ0) is 16.1. The number of methoxy groups -OCH3 is 1. The lowest BCUT2D eigenvalue weighted by Gasteiger charge is -2.36. The van der Waals surface area contributed by atoms with Gasteiger partial charge in [0.25, 0.3) is 5.91 Å². The normalized spacial score (nSPS) is 19.7. The van der Waals surface area contributed by atoms with Gasteiger partial charge in [-0.2, -0.15) is 0 Å². The van der Waals surface area contributed by atoms with E-state index in [9.17, 15) is 9.59 Å². The lowest BCUT2D eigenvalue weighted by atomic mass is 10.0. The predicted octanol–water partition coefficient (Wildman–Crippen LogP) is 0.234. The summed E-state index contributed by atoms with van der Waals surface area (Å²) in [5, 5.41) is 2.90. The Morgan fingerprint density at radius 1 is 1.36 bits per heavy atom. The molecule has 7 nitrogen and oxygen atoms in total. The lowest BCUT2D eigenvalue weighted by Crippen LogP contribution is -2.59. The minimum Gasteiger partial charge on any atom is -0.497 e. The molecule has 0 aliphatic carbocycles. The summed E-state index contributed by atoms with van der Waals surface area (Å²) < 4.78 is 5.13. The first kappa shape index (κ1) is 16.3. The Balaban J connectivity index is 2.10. The van der Waals surface area contributed by atoms with Gasteiger partial charge in [0.05, 0.1) is 26.8 Å². The van der Waals surface area contributed by atoms with Crippen molar-refractivity contribution >= 4 is 11.8 Å². The molecule has 0 spiro atoms. The molecule has 0 saturated carbocycles. The number of nitrogens with zero attached hydrogens (tertiary/aromatic N) is 1. The Morgan fingerprint density at radius 2 is 2.05 bits per heavy atom. The van der Waals surface area contributed by atoms with E-state index in [1.165, 1.54) is 7.11 Å².